The van der Waals surface area contributed by atoms with Gasteiger partial charge in [-0.3, -0.25) is 4.79 Å². The highest BCUT2D eigenvalue weighted by Gasteiger charge is 2.16. The van der Waals surface area contributed by atoms with E-state index in [4.69, 9.17) is 5.73 Å². The van der Waals surface area contributed by atoms with Crippen molar-refractivity contribution in [2.24, 2.45) is 5.73 Å². The van der Waals surface area contributed by atoms with Crippen molar-refractivity contribution >= 4 is 5.91 Å². The third kappa shape index (κ3) is 2.43. The summed E-state index contributed by atoms with van der Waals surface area (Å²) >= 11 is 0. The molecule has 2 heteroatoms. The van der Waals surface area contributed by atoms with Gasteiger partial charge < -0.3 is 5.73 Å². The van der Waals surface area contributed by atoms with Crippen LogP contribution in [0.15, 0.2) is 6.07 Å². The van der Waals surface area contributed by atoms with E-state index < -0.39 is 0 Å². The Labute approximate surface area is 97.9 Å². The number of amides is 1. The van der Waals surface area contributed by atoms with Crippen LogP contribution in [-0.2, 0) is 4.79 Å². The van der Waals surface area contributed by atoms with Gasteiger partial charge in [0.2, 0.25) is 5.91 Å². The van der Waals surface area contributed by atoms with Crippen LogP contribution >= 0.6 is 0 Å². The van der Waals surface area contributed by atoms with Crippen LogP contribution in [0.2, 0.25) is 0 Å². The molecule has 1 rings (SSSR count). The van der Waals surface area contributed by atoms with Crippen LogP contribution in [0, 0.1) is 27.7 Å². The molecule has 0 bridgehead atoms. The Bertz CT molecular complexity index is 395. The summed E-state index contributed by atoms with van der Waals surface area (Å²) in [4.78, 5) is 11.0. The van der Waals surface area contributed by atoms with E-state index in [9.17, 15) is 4.79 Å². The minimum atomic E-state index is -0.231. The fraction of sp³-hybridized carbons (Fsp3) is 0.500. The van der Waals surface area contributed by atoms with Gasteiger partial charge in [-0.05, 0) is 61.4 Å². The maximum absolute atomic E-state index is 11.0. The summed E-state index contributed by atoms with van der Waals surface area (Å²) in [6.45, 7) is 10.5. The largest absolute Gasteiger partial charge is 0.370 e. The molecule has 0 saturated carbocycles. The lowest BCUT2D eigenvalue weighted by Crippen LogP contribution is -2.15. The fourth-order valence-electron chi connectivity index (χ4n) is 2.39. The van der Waals surface area contributed by atoms with Crippen LogP contribution in [0.5, 0.6) is 0 Å². The topological polar surface area (TPSA) is 43.1 Å². The van der Waals surface area contributed by atoms with Crippen molar-refractivity contribution in [1.82, 2.24) is 0 Å². The molecule has 88 valence electrons. The molecule has 1 aromatic carbocycles. The third-order valence-corrected chi connectivity index (χ3v) is 3.42. The number of carbonyl (C=O) groups excluding carboxylic acids is 1. The highest BCUT2D eigenvalue weighted by molar-refractivity contribution is 5.75. The molecular weight excluding hydrogens is 198 g/mol. The van der Waals surface area contributed by atoms with Gasteiger partial charge in [0.25, 0.3) is 0 Å². The van der Waals surface area contributed by atoms with E-state index in [1.807, 2.05) is 0 Å². The van der Waals surface area contributed by atoms with Crippen molar-refractivity contribution in [2.75, 3.05) is 0 Å². The Balaban J connectivity index is 3.26. The summed E-state index contributed by atoms with van der Waals surface area (Å²) in [6, 6.07) is 2.20. The van der Waals surface area contributed by atoms with E-state index in [1.165, 1.54) is 27.8 Å². The molecule has 1 amide bonds. The standard InChI is InChI=1S/C14H21NO/c1-8-6-9(2)12(5)14(11(8)4)10(3)7-13(15)16/h6,10H,7H2,1-5H3,(H2,15,16). The molecule has 0 aromatic heterocycles. The van der Waals surface area contributed by atoms with Gasteiger partial charge in [0.15, 0.2) is 0 Å². The van der Waals surface area contributed by atoms with E-state index in [1.54, 1.807) is 0 Å². The number of benzene rings is 1. The van der Waals surface area contributed by atoms with Crippen molar-refractivity contribution in [2.45, 2.75) is 47.0 Å². The lowest BCUT2D eigenvalue weighted by Gasteiger charge is -2.20. The Morgan fingerprint density at radius 1 is 1.19 bits per heavy atom. The minimum Gasteiger partial charge on any atom is -0.370 e. The van der Waals surface area contributed by atoms with Gasteiger partial charge in [-0.25, -0.2) is 0 Å². The number of hydrogen-bond donors (Lipinski definition) is 1. The van der Waals surface area contributed by atoms with Gasteiger partial charge in [-0.15, -0.1) is 0 Å². The first-order valence-corrected chi connectivity index (χ1v) is 5.70. The average Bonchev–Trinajstić information content (AvgIpc) is 2.14. The van der Waals surface area contributed by atoms with Crippen molar-refractivity contribution < 1.29 is 4.79 Å². The maximum atomic E-state index is 11.0. The summed E-state index contributed by atoms with van der Waals surface area (Å²) in [5.74, 6) is -0.0263. The molecule has 1 atom stereocenters. The van der Waals surface area contributed by atoms with Crippen LogP contribution in [-0.4, -0.2) is 5.91 Å². The van der Waals surface area contributed by atoms with Crippen LogP contribution in [0.3, 0.4) is 0 Å². The predicted molar refractivity (Wildman–Crippen MR) is 67.6 cm³/mol. The monoisotopic (exact) mass is 219 g/mol. The second kappa shape index (κ2) is 4.69. The first kappa shape index (κ1) is 12.8. The average molecular weight is 219 g/mol. The van der Waals surface area contributed by atoms with Crippen LogP contribution < -0.4 is 5.73 Å². The molecule has 0 aliphatic rings. The van der Waals surface area contributed by atoms with Gasteiger partial charge >= 0.3 is 0 Å². The van der Waals surface area contributed by atoms with Crippen molar-refractivity contribution in [1.29, 1.82) is 0 Å². The number of carbonyl (C=O) groups is 1. The number of aryl methyl sites for hydroxylation is 2. The molecular formula is C14H21NO. The second-order valence-electron chi connectivity index (χ2n) is 4.75. The molecule has 0 aliphatic carbocycles. The van der Waals surface area contributed by atoms with Gasteiger partial charge in [-0.2, -0.15) is 0 Å². The fourth-order valence-corrected chi connectivity index (χ4v) is 2.39. The third-order valence-electron chi connectivity index (χ3n) is 3.42. The second-order valence-corrected chi connectivity index (χ2v) is 4.75. The number of rotatable bonds is 3. The van der Waals surface area contributed by atoms with Gasteiger partial charge in [0.1, 0.15) is 0 Å². The molecule has 16 heavy (non-hydrogen) atoms. The number of nitrogens with two attached hydrogens (primary N) is 1. The summed E-state index contributed by atoms with van der Waals surface area (Å²) in [7, 11) is 0. The molecule has 1 aromatic rings. The lowest BCUT2D eigenvalue weighted by atomic mass is 9.85. The molecule has 2 nitrogen and oxygen atoms in total. The summed E-state index contributed by atoms with van der Waals surface area (Å²) in [6.07, 6.45) is 0.421. The molecule has 0 saturated heterocycles. The molecule has 2 N–H and O–H groups in total. The molecule has 0 fully saturated rings. The number of hydrogen-bond acceptors (Lipinski definition) is 1. The molecule has 1 unspecified atom stereocenters. The van der Waals surface area contributed by atoms with E-state index in [0.717, 1.165) is 0 Å². The highest BCUT2D eigenvalue weighted by atomic mass is 16.1. The van der Waals surface area contributed by atoms with Gasteiger partial charge in [0.05, 0.1) is 0 Å². The van der Waals surface area contributed by atoms with Crippen molar-refractivity contribution in [3.63, 3.8) is 0 Å². The summed E-state index contributed by atoms with van der Waals surface area (Å²) < 4.78 is 0. The SMILES string of the molecule is Cc1cc(C)c(C)c(C(C)CC(N)=O)c1C. The predicted octanol–water partition coefficient (Wildman–Crippen LogP) is 2.90. The Morgan fingerprint density at radius 3 is 2.00 bits per heavy atom. The summed E-state index contributed by atoms with van der Waals surface area (Å²) in [5, 5.41) is 0. The molecule has 0 spiro atoms. The zero-order valence-corrected chi connectivity index (χ0v) is 10.8. The minimum absolute atomic E-state index is 0.205. The zero-order valence-electron chi connectivity index (χ0n) is 10.8. The zero-order chi connectivity index (χ0) is 12.5. The molecule has 0 aliphatic heterocycles. The van der Waals surface area contributed by atoms with E-state index >= 15 is 0 Å². The Kier molecular flexibility index (Phi) is 3.74. The van der Waals surface area contributed by atoms with Crippen LogP contribution in [0.25, 0.3) is 0 Å². The number of primary amides is 1. The molecule has 0 heterocycles. The highest BCUT2D eigenvalue weighted by Crippen LogP contribution is 2.30. The van der Waals surface area contributed by atoms with Gasteiger partial charge in [0, 0.05) is 6.42 Å². The maximum Gasteiger partial charge on any atom is 0.218 e. The summed E-state index contributed by atoms with van der Waals surface area (Å²) in [5.41, 5.74) is 11.7. The quantitative estimate of drug-likeness (QED) is 0.834. The Morgan fingerprint density at radius 2 is 1.62 bits per heavy atom. The Hall–Kier alpha value is -1.31. The molecule has 0 radical (unpaired) electrons. The normalized spacial score (nSPS) is 12.6. The van der Waals surface area contributed by atoms with Crippen molar-refractivity contribution in [3.8, 4) is 0 Å². The van der Waals surface area contributed by atoms with E-state index in [2.05, 4.69) is 40.7 Å². The van der Waals surface area contributed by atoms with Gasteiger partial charge in [-0.1, -0.05) is 13.0 Å². The van der Waals surface area contributed by atoms with Crippen molar-refractivity contribution in [3.05, 3.63) is 33.9 Å². The van der Waals surface area contributed by atoms with Crippen LogP contribution in [0.1, 0.15) is 47.1 Å². The first-order valence-electron chi connectivity index (χ1n) is 5.70. The lowest BCUT2D eigenvalue weighted by molar-refractivity contribution is -0.118. The van der Waals surface area contributed by atoms with E-state index in [-0.39, 0.29) is 11.8 Å². The first-order chi connectivity index (χ1) is 7.34. The van der Waals surface area contributed by atoms with E-state index in [0.29, 0.717) is 6.42 Å². The smallest absolute Gasteiger partial charge is 0.218 e. The van der Waals surface area contributed by atoms with Crippen LogP contribution in [0.4, 0.5) is 0 Å².